The van der Waals surface area contributed by atoms with Gasteiger partial charge in [0.25, 0.3) is 5.56 Å². The number of hydrogen-bond donors (Lipinski definition) is 1. The summed E-state index contributed by atoms with van der Waals surface area (Å²) in [4.78, 5) is 17.9. The van der Waals surface area contributed by atoms with Crippen LogP contribution in [-0.4, -0.2) is 25.9 Å². The molecule has 5 rings (SSSR count). The van der Waals surface area contributed by atoms with Crippen molar-refractivity contribution in [1.29, 1.82) is 0 Å². The van der Waals surface area contributed by atoms with Gasteiger partial charge in [0, 0.05) is 13.1 Å². The van der Waals surface area contributed by atoms with Crippen LogP contribution in [-0.2, 0) is 13.0 Å². The van der Waals surface area contributed by atoms with Gasteiger partial charge in [0.05, 0.1) is 17.9 Å². The fraction of sp³-hybridized carbons (Fsp3) is 0.190. The Hall–Kier alpha value is -3.25. The second-order valence-corrected chi connectivity index (χ2v) is 6.75. The second-order valence-electron chi connectivity index (χ2n) is 6.75. The first-order chi connectivity index (χ1) is 13.3. The maximum Gasteiger partial charge on any atom is 0.264 e. The molecule has 6 nitrogen and oxygen atoms in total. The fourth-order valence-corrected chi connectivity index (χ4v) is 3.71. The predicted octanol–water partition coefficient (Wildman–Crippen LogP) is 2.47. The molecule has 0 aliphatic carbocycles. The van der Waals surface area contributed by atoms with Crippen molar-refractivity contribution in [2.24, 2.45) is 0 Å². The molecule has 3 heterocycles. The van der Waals surface area contributed by atoms with Crippen molar-refractivity contribution in [1.82, 2.24) is 24.6 Å². The fourth-order valence-electron chi connectivity index (χ4n) is 3.71. The molecule has 2 aromatic carbocycles. The van der Waals surface area contributed by atoms with Crippen LogP contribution >= 0.6 is 0 Å². The van der Waals surface area contributed by atoms with E-state index in [1.165, 1.54) is 5.56 Å². The average molecular weight is 357 g/mol. The van der Waals surface area contributed by atoms with Crippen LogP contribution in [0, 0.1) is 0 Å². The van der Waals surface area contributed by atoms with Crippen LogP contribution in [0.3, 0.4) is 0 Å². The Morgan fingerprint density at radius 3 is 2.56 bits per heavy atom. The Morgan fingerprint density at radius 1 is 1.04 bits per heavy atom. The van der Waals surface area contributed by atoms with E-state index < -0.39 is 0 Å². The molecule has 1 aliphatic heterocycles. The summed E-state index contributed by atoms with van der Waals surface area (Å²) >= 11 is 0. The number of hydrogen-bond acceptors (Lipinski definition) is 4. The van der Waals surface area contributed by atoms with Gasteiger partial charge in [-0.05, 0) is 24.1 Å². The van der Waals surface area contributed by atoms with Crippen LogP contribution in [0.1, 0.15) is 17.4 Å². The van der Waals surface area contributed by atoms with Gasteiger partial charge in [-0.3, -0.25) is 9.36 Å². The summed E-state index contributed by atoms with van der Waals surface area (Å²) in [7, 11) is 0. The number of fused-ring (bicyclic) bond motifs is 2. The SMILES string of the molecule is O=c1c2cnn(-c3ccccc3)c2nc2n1CCNC2Cc1ccccc1. The van der Waals surface area contributed by atoms with E-state index in [-0.39, 0.29) is 11.6 Å². The smallest absolute Gasteiger partial charge is 0.264 e. The minimum absolute atomic E-state index is 0.00243. The number of rotatable bonds is 3. The molecule has 1 unspecified atom stereocenters. The molecule has 0 saturated carbocycles. The zero-order valence-electron chi connectivity index (χ0n) is 14.7. The highest BCUT2D eigenvalue weighted by Gasteiger charge is 2.25. The minimum Gasteiger partial charge on any atom is -0.305 e. The molecule has 0 amide bonds. The maximum atomic E-state index is 13.1. The summed E-state index contributed by atoms with van der Waals surface area (Å²) < 4.78 is 3.54. The molecule has 1 atom stereocenters. The van der Waals surface area contributed by atoms with Gasteiger partial charge in [-0.15, -0.1) is 0 Å². The van der Waals surface area contributed by atoms with E-state index in [1.807, 2.05) is 48.5 Å². The number of para-hydroxylation sites is 1. The molecule has 0 saturated heterocycles. The monoisotopic (exact) mass is 357 g/mol. The van der Waals surface area contributed by atoms with Gasteiger partial charge < -0.3 is 5.32 Å². The molecular formula is C21H19N5O. The van der Waals surface area contributed by atoms with Gasteiger partial charge in [0.2, 0.25) is 0 Å². The summed E-state index contributed by atoms with van der Waals surface area (Å²) in [6.45, 7) is 1.38. The first-order valence-electron chi connectivity index (χ1n) is 9.12. The van der Waals surface area contributed by atoms with Crippen molar-refractivity contribution in [2.45, 2.75) is 19.0 Å². The molecule has 6 heteroatoms. The molecule has 0 spiro atoms. The molecule has 27 heavy (non-hydrogen) atoms. The summed E-state index contributed by atoms with van der Waals surface area (Å²) in [5, 5.41) is 8.50. The van der Waals surface area contributed by atoms with Crippen molar-refractivity contribution in [2.75, 3.05) is 6.54 Å². The third kappa shape index (κ3) is 2.74. The van der Waals surface area contributed by atoms with E-state index in [0.29, 0.717) is 17.6 Å². The maximum absolute atomic E-state index is 13.1. The zero-order chi connectivity index (χ0) is 18.2. The zero-order valence-corrected chi connectivity index (χ0v) is 14.7. The minimum atomic E-state index is -0.0169. The molecule has 1 aliphatic rings. The van der Waals surface area contributed by atoms with E-state index in [4.69, 9.17) is 4.98 Å². The quantitative estimate of drug-likeness (QED) is 0.612. The first-order valence-corrected chi connectivity index (χ1v) is 9.12. The largest absolute Gasteiger partial charge is 0.305 e. The third-order valence-electron chi connectivity index (χ3n) is 5.04. The predicted molar refractivity (Wildman–Crippen MR) is 104 cm³/mol. The number of nitrogens with one attached hydrogen (secondary N) is 1. The van der Waals surface area contributed by atoms with E-state index in [1.54, 1.807) is 15.4 Å². The summed E-state index contributed by atoms with van der Waals surface area (Å²) in [6.07, 6.45) is 2.41. The third-order valence-corrected chi connectivity index (χ3v) is 5.04. The second kappa shape index (κ2) is 6.48. The molecule has 1 N–H and O–H groups in total. The summed E-state index contributed by atoms with van der Waals surface area (Å²) in [6, 6.07) is 20.1. The lowest BCUT2D eigenvalue weighted by molar-refractivity contribution is 0.399. The van der Waals surface area contributed by atoms with Crippen LogP contribution in [0.15, 0.2) is 71.7 Å². The highest BCUT2D eigenvalue weighted by Crippen LogP contribution is 2.22. The van der Waals surface area contributed by atoms with Crippen LogP contribution in [0.25, 0.3) is 16.7 Å². The van der Waals surface area contributed by atoms with Crippen molar-refractivity contribution >= 4 is 11.0 Å². The lowest BCUT2D eigenvalue weighted by Gasteiger charge is -2.27. The summed E-state index contributed by atoms with van der Waals surface area (Å²) in [5.74, 6) is 0.778. The molecule has 0 bridgehead atoms. The molecule has 0 fully saturated rings. The summed E-state index contributed by atoms with van der Waals surface area (Å²) in [5.41, 5.74) is 2.71. The van der Waals surface area contributed by atoms with Crippen LogP contribution in [0.2, 0.25) is 0 Å². The van der Waals surface area contributed by atoms with Gasteiger partial charge in [0.1, 0.15) is 11.2 Å². The Balaban J connectivity index is 1.66. The van der Waals surface area contributed by atoms with Gasteiger partial charge in [-0.1, -0.05) is 48.5 Å². The normalized spacial score (nSPS) is 16.4. The average Bonchev–Trinajstić information content (AvgIpc) is 3.15. The first kappa shape index (κ1) is 16.0. The lowest BCUT2D eigenvalue weighted by Crippen LogP contribution is -2.41. The van der Waals surface area contributed by atoms with Gasteiger partial charge >= 0.3 is 0 Å². The van der Waals surface area contributed by atoms with Crippen molar-refractivity contribution in [3.8, 4) is 5.69 Å². The van der Waals surface area contributed by atoms with E-state index in [2.05, 4.69) is 22.5 Å². The molecule has 134 valence electrons. The van der Waals surface area contributed by atoms with E-state index in [9.17, 15) is 4.79 Å². The molecule has 4 aromatic rings. The number of aromatic nitrogens is 4. The van der Waals surface area contributed by atoms with Crippen molar-refractivity contribution in [3.63, 3.8) is 0 Å². The van der Waals surface area contributed by atoms with E-state index >= 15 is 0 Å². The highest BCUT2D eigenvalue weighted by molar-refractivity contribution is 5.75. The van der Waals surface area contributed by atoms with Crippen LogP contribution in [0.4, 0.5) is 0 Å². The van der Waals surface area contributed by atoms with Gasteiger partial charge in [0.15, 0.2) is 5.65 Å². The standard InChI is InChI=1S/C21H19N5O/c27-21-17-14-23-26(16-9-5-2-6-10-16)19(17)24-20-18(22-11-12-25(20)21)13-15-7-3-1-4-8-15/h1-10,14,18,22H,11-13H2. The van der Waals surface area contributed by atoms with Crippen LogP contribution in [0.5, 0.6) is 0 Å². The molecular weight excluding hydrogens is 338 g/mol. The number of benzene rings is 2. The lowest BCUT2D eigenvalue weighted by atomic mass is 10.0. The molecule has 0 radical (unpaired) electrons. The van der Waals surface area contributed by atoms with E-state index in [0.717, 1.165) is 24.5 Å². The Bertz CT molecular complexity index is 1150. The Labute approximate surface area is 156 Å². The number of nitrogens with zero attached hydrogens (tertiary/aromatic N) is 4. The van der Waals surface area contributed by atoms with Crippen molar-refractivity contribution in [3.05, 3.63) is 88.6 Å². The van der Waals surface area contributed by atoms with Gasteiger partial charge in [-0.2, -0.15) is 5.10 Å². The van der Waals surface area contributed by atoms with Crippen LogP contribution < -0.4 is 10.9 Å². The Kier molecular flexibility index (Phi) is 3.83. The van der Waals surface area contributed by atoms with Crippen molar-refractivity contribution < 1.29 is 0 Å². The van der Waals surface area contributed by atoms with Gasteiger partial charge in [-0.25, -0.2) is 9.67 Å². The Morgan fingerprint density at radius 2 is 1.78 bits per heavy atom. The topological polar surface area (TPSA) is 64.7 Å². The highest BCUT2D eigenvalue weighted by atomic mass is 16.1. The molecule has 2 aromatic heterocycles.